The van der Waals surface area contributed by atoms with Crippen LogP contribution in [0.1, 0.15) is 5.56 Å². The van der Waals surface area contributed by atoms with Crippen molar-refractivity contribution >= 4 is 22.8 Å². The van der Waals surface area contributed by atoms with Crippen molar-refractivity contribution in [3.05, 3.63) is 47.7 Å². The van der Waals surface area contributed by atoms with E-state index in [0.29, 0.717) is 30.9 Å². The lowest BCUT2D eigenvalue weighted by Gasteiger charge is -2.07. The summed E-state index contributed by atoms with van der Waals surface area (Å²) in [6, 6.07) is 9.92. The van der Waals surface area contributed by atoms with E-state index in [4.69, 9.17) is 26.4 Å². The number of fused-ring (bicyclic) bond motifs is 1. The molecule has 2 aromatic heterocycles. The zero-order valence-corrected chi connectivity index (χ0v) is 13.6. The van der Waals surface area contributed by atoms with Crippen molar-refractivity contribution in [2.24, 2.45) is 0 Å². The Bertz CT molecular complexity index is 911. The second-order valence-corrected chi connectivity index (χ2v) is 5.30. The van der Waals surface area contributed by atoms with Crippen molar-refractivity contribution in [3.63, 3.8) is 0 Å². The number of aromatic nitrogens is 4. The highest BCUT2D eigenvalue weighted by molar-refractivity contribution is 5.83. The molecule has 3 rings (SSSR count). The fraction of sp³-hybridized carbons (Fsp3) is 0.250. The van der Waals surface area contributed by atoms with Crippen molar-refractivity contribution in [1.29, 1.82) is 5.41 Å². The highest BCUT2D eigenvalue weighted by atomic mass is 16.5. The average molecular weight is 341 g/mol. The lowest BCUT2D eigenvalue weighted by atomic mass is 10.2. The number of nitrogen functional groups attached to an aromatic ring is 2. The highest BCUT2D eigenvalue weighted by Crippen LogP contribution is 2.14. The fourth-order valence-corrected chi connectivity index (χ4v) is 2.34. The maximum Gasteiger partial charge on any atom is 0.224 e. The summed E-state index contributed by atoms with van der Waals surface area (Å²) in [5.41, 5.74) is 13.3. The maximum atomic E-state index is 7.86. The zero-order chi connectivity index (χ0) is 17.6. The number of rotatable bonds is 7. The minimum absolute atomic E-state index is 0.0673. The van der Waals surface area contributed by atoms with E-state index in [1.165, 1.54) is 6.33 Å². The van der Waals surface area contributed by atoms with Crippen molar-refractivity contribution in [2.75, 3.05) is 24.7 Å². The van der Waals surface area contributed by atoms with Gasteiger partial charge in [-0.05, 0) is 5.56 Å². The van der Waals surface area contributed by atoms with Gasteiger partial charge in [0.1, 0.15) is 17.8 Å². The van der Waals surface area contributed by atoms with Crippen LogP contribution < -0.4 is 17.0 Å². The summed E-state index contributed by atoms with van der Waals surface area (Å²) >= 11 is 0. The standard InChI is InChI=1S/C16H19N7O2/c17-14-12-13(15(18)22-16(19)21-14)23(9-20-12)10-25-7-6-24-8-11-4-2-1-3-5-11/h1-5,9H,6-8,10H2,(H5,17,18,19,21,22). The molecule has 5 N–H and O–H groups in total. The van der Waals surface area contributed by atoms with Crippen LogP contribution in [0.3, 0.4) is 0 Å². The average Bonchev–Trinajstić information content (AvgIpc) is 2.98. The number of hydrogen-bond donors (Lipinski definition) is 3. The first-order chi connectivity index (χ1) is 12.1. The summed E-state index contributed by atoms with van der Waals surface area (Å²) in [6.45, 7) is 1.62. The predicted octanol–water partition coefficient (Wildman–Crippen LogP) is 0.661. The van der Waals surface area contributed by atoms with E-state index in [2.05, 4.69) is 15.0 Å². The summed E-state index contributed by atoms with van der Waals surface area (Å²) in [7, 11) is 0. The number of ether oxygens (including phenoxy) is 2. The molecule has 0 aliphatic heterocycles. The third-order valence-electron chi connectivity index (χ3n) is 3.48. The molecule has 3 aromatic rings. The van der Waals surface area contributed by atoms with Crippen LogP contribution in [0.5, 0.6) is 0 Å². The molecule has 0 fully saturated rings. The van der Waals surface area contributed by atoms with Gasteiger partial charge in [0.05, 0.1) is 26.1 Å². The third-order valence-corrected chi connectivity index (χ3v) is 3.48. The molecule has 0 unspecified atom stereocenters. The molecule has 0 atom stereocenters. The largest absolute Gasteiger partial charge is 0.382 e. The summed E-state index contributed by atoms with van der Waals surface area (Å²) in [4.78, 5) is 11.9. The zero-order valence-electron chi connectivity index (χ0n) is 13.6. The number of anilines is 2. The number of nitrogens with zero attached hydrogens (tertiary/aromatic N) is 4. The van der Waals surface area contributed by atoms with Crippen LogP contribution in [0.15, 0.2) is 36.7 Å². The molecular formula is C16H19N7O2. The van der Waals surface area contributed by atoms with Crippen LogP contribution in [0.4, 0.5) is 11.8 Å². The van der Waals surface area contributed by atoms with Gasteiger partial charge in [-0.25, -0.2) is 4.98 Å². The Balaban J connectivity index is 1.56. The SMILES string of the molecule is N=c1nc(N)nc(N)c2c1ncn2COCCOCc1ccccc1. The highest BCUT2D eigenvalue weighted by Gasteiger charge is 2.09. The Labute approximate surface area is 143 Å². The monoisotopic (exact) mass is 341 g/mol. The molecule has 0 spiro atoms. The summed E-state index contributed by atoms with van der Waals surface area (Å²) in [5, 5.41) is 7.86. The summed E-state index contributed by atoms with van der Waals surface area (Å²) < 4.78 is 12.8. The molecule has 25 heavy (non-hydrogen) atoms. The Morgan fingerprint density at radius 1 is 1.04 bits per heavy atom. The van der Waals surface area contributed by atoms with E-state index < -0.39 is 0 Å². The van der Waals surface area contributed by atoms with Gasteiger partial charge in [-0.3, -0.25) is 5.41 Å². The van der Waals surface area contributed by atoms with Crippen molar-refractivity contribution < 1.29 is 9.47 Å². The van der Waals surface area contributed by atoms with Crippen LogP contribution in [-0.4, -0.2) is 32.7 Å². The van der Waals surface area contributed by atoms with Gasteiger partial charge < -0.3 is 25.5 Å². The topological polar surface area (TPSA) is 138 Å². The van der Waals surface area contributed by atoms with Crippen LogP contribution in [-0.2, 0) is 22.8 Å². The molecule has 0 aliphatic rings. The third kappa shape index (κ3) is 4.08. The number of nitrogens with two attached hydrogens (primary N) is 2. The molecule has 0 aliphatic carbocycles. The van der Waals surface area contributed by atoms with Crippen LogP contribution >= 0.6 is 0 Å². The van der Waals surface area contributed by atoms with Gasteiger partial charge in [0.25, 0.3) is 0 Å². The van der Waals surface area contributed by atoms with E-state index in [1.54, 1.807) is 4.57 Å². The fourth-order valence-electron chi connectivity index (χ4n) is 2.34. The maximum absolute atomic E-state index is 7.86. The molecule has 2 heterocycles. The molecule has 130 valence electrons. The number of hydrogen-bond acceptors (Lipinski definition) is 8. The Hall–Kier alpha value is -3.04. The van der Waals surface area contributed by atoms with Gasteiger partial charge in [-0.15, -0.1) is 0 Å². The van der Waals surface area contributed by atoms with E-state index in [9.17, 15) is 0 Å². The Morgan fingerprint density at radius 3 is 2.60 bits per heavy atom. The van der Waals surface area contributed by atoms with E-state index in [-0.39, 0.29) is 24.0 Å². The van der Waals surface area contributed by atoms with E-state index >= 15 is 0 Å². The molecular weight excluding hydrogens is 322 g/mol. The van der Waals surface area contributed by atoms with Crippen LogP contribution in [0.25, 0.3) is 11.0 Å². The van der Waals surface area contributed by atoms with Gasteiger partial charge in [0.2, 0.25) is 5.95 Å². The molecule has 0 amide bonds. The Kier molecular flexibility index (Phi) is 5.17. The first-order valence-corrected chi connectivity index (χ1v) is 7.67. The number of nitrogens with one attached hydrogen (secondary N) is 1. The smallest absolute Gasteiger partial charge is 0.224 e. The van der Waals surface area contributed by atoms with Crippen LogP contribution in [0.2, 0.25) is 0 Å². The molecule has 0 radical (unpaired) electrons. The van der Waals surface area contributed by atoms with E-state index in [0.717, 1.165) is 5.56 Å². The second kappa shape index (κ2) is 7.69. The quantitative estimate of drug-likeness (QED) is 0.537. The summed E-state index contributed by atoms with van der Waals surface area (Å²) in [6.07, 6.45) is 1.53. The molecule has 1 aromatic carbocycles. The molecule has 0 bridgehead atoms. The molecule has 0 saturated carbocycles. The summed E-state index contributed by atoms with van der Waals surface area (Å²) in [5.74, 6) is 0.0854. The molecule has 9 nitrogen and oxygen atoms in total. The van der Waals surface area contributed by atoms with Gasteiger partial charge in [0, 0.05) is 0 Å². The first kappa shape index (κ1) is 16.8. The van der Waals surface area contributed by atoms with Crippen molar-refractivity contribution in [3.8, 4) is 0 Å². The predicted molar refractivity (Wildman–Crippen MR) is 92.1 cm³/mol. The van der Waals surface area contributed by atoms with Crippen molar-refractivity contribution in [1.82, 2.24) is 19.5 Å². The lowest BCUT2D eigenvalue weighted by molar-refractivity contribution is 0.0149. The Morgan fingerprint density at radius 2 is 1.80 bits per heavy atom. The molecule has 0 saturated heterocycles. The number of benzene rings is 1. The minimum atomic E-state index is -0.0818. The van der Waals surface area contributed by atoms with Gasteiger partial charge in [-0.2, -0.15) is 9.97 Å². The van der Waals surface area contributed by atoms with Crippen molar-refractivity contribution in [2.45, 2.75) is 13.3 Å². The normalized spacial score (nSPS) is 11.0. The lowest BCUT2D eigenvalue weighted by Crippen LogP contribution is -2.09. The van der Waals surface area contributed by atoms with Gasteiger partial charge in [-0.1, -0.05) is 30.3 Å². The van der Waals surface area contributed by atoms with Crippen LogP contribution in [0, 0.1) is 5.41 Å². The van der Waals surface area contributed by atoms with E-state index in [1.807, 2.05) is 30.3 Å². The van der Waals surface area contributed by atoms with Gasteiger partial charge in [0.15, 0.2) is 11.3 Å². The van der Waals surface area contributed by atoms with Gasteiger partial charge >= 0.3 is 0 Å². The number of imidazole rings is 1. The first-order valence-electron chi connectivity index (χ1n) is 7.67. The second-order valence-electron chi connectivity index (χ2n) is 5.30. The minimum Gasteiger partial charge on any atom is -0.382 e. The molecule has 9 heteroatoms.